The minimum atomic E-state index is -0.804. The second-order valence-electron chi connectivity index (χ2n) is 20.6. The molecule has 0 bridgehead atoms. The number of hydrogen-bond donors (Lipinski definition) is 0. The number of carbonyl (C=O) groups is 3. The van der Waals surface area contributed by atoms with Crippen molar-refractivity contribution in [3.63, 3.8) is 0 Å². The van der Waals surface area contributed by atoms with Crippen molar-refractivity contribution in [2.75, 3.05) is 13.2 Å². The summed E-state index contributed by atoms with van der Waals surface area (Å²) in [5.41, 5.74) is 0. The first-order valence-electron chi connectivity index (χ1n) is 31.5. The Morgan fingerprint density at radius 2 is 0.513 bits per heavy atom. The number of hydrogen-bond acceptors (Lipinski definition) is 6. The summed E-state index contributed by atoms with van der Waals surface area (Å²) in [6, 6.07) is 0. The number of carbonyl (C=O) groups excluding carboxylic acids is 3. The summed E-state index contributed by atoms with van der Waals surface area (Å²) >= 11 is 0. The van der Waals surface area contributed by atoms with Crippen LogP contribution in [0.3, 0.4) is 0 Å². The van der Waals surface area contributed by atoms with Crippen molar-refractivity contribution in [1.82, 2.24) is 0 Å². The predicted octanol–water partition coefficient (Wildman–Crippen LogP) is 21.6. The molecule has 0 aliphatic rings. The van der Waals surface area contributed by atoms with Crippen LogP contribution in [0.25, 0.3) is 0 Å². The molecule has 76 heavy (non-hydrogen) atoms. The lowest BCUT2D eigenvalue weighted by atomic mass is 10.1. The maximum atomic E-state index is 12.9. The van der Waals surface area contributed by atoms with Crippen molar-refractivity contribution < 1.29 is 28.6 Å². The smallest absolute Gasteiger partial charge is 0.306 e. The van der Waals surface area contributed by atoms with E-state index in [9.17, 15) is 14.4 Å². The summed E-state index contributed by atoms with van der Waals surface area (Å²) in [4.78, 5) is 38.2. The average molecular weight is 1050 g/mol. The lowest BCUT2D eigenvalue weighted by molar-refractivity contribution is -0.167. The van der Waals surface area contributed by atoms with E-state index in [-0.39, 0.29) is 31.1 Å². The first kappa shape index (κ1) is 71.8. The fraction of sp³-hybridized carbons (Fsp3) is 0.671. The largest absolute Gasteiger partial charge is 0.462 e. The monoisotopic (exact) mass is 1050 g/mol. The summed E-state index contributed by atoms with van der Waals surface area (Å²) in [7, 11) is 0. The van der Waals surface area contributed by atoms with E-state index in [1.165, 1.54) is 122 Å². The molecule has 432 valence electrons. The molecule has 0 rings (SSSR count). The highest BCUT2D eigenvalue weighted by Gasteiger charge is 2.19. The highest BCUT2D eigenvalue weighted by Crippen LogP contribution is 2.15. The van der Waals surface area contributed by atoms with Gasteiger partial charge in [0, 0.05) is 19.3 Å². The summed E-state index contributed by atoms with van der Waals surface area (Å²) in [6.45, 7) is 6.46. The Hall–Kier alpha value is -4.19. The Morgan fingerprint density at radius 1 is 0.276 bits per heavy atom. The van der Waals surface area contributed by atoms with Crippen molar-refractivity contribution in [1.29, 1.82) is 0 Å². The van der Waals surface area contributed by atoms with E-state index in [1.807, 2.05) is 0 Å². The minimum Gasteiger partial charge on any atom is -0.462 e. The van der Waals surface area contributed by atoms with E-state index in [2.05, 4.69) is 142 Å². The molecule has 0 aromatic heterocycles. The molecule has 0 saturated heterocycles. The second kappa shape index (κ2) is 63.3. The van der Waals surface area contributed by atoms with Gasteiger partial charge >= 0.3 is 17.9 Å². The lowest BCUT2D eigenvalue weighted by Gasteiger charge is -2.18. The van der Waals surface area contributed by atoms with Crippen LogP contribution in [0.5, 0.6) is 0 Å². The van der Waals surface area contributed by atoms with Gasteiger partial charge in [-0.3, -0.25) is 14.4 Å². The van der Waals surface area contributed by atoms with Crippen LogP contribution < -0.4 is 0 Å². The number of rotatable bonds is 56. The molecule has 0 saturated carbocycles. The normalized spacial score (nSPS) is 12.9. The lowest BCUT2D eigenvalue weighted by Crippen LogP contribution is -2.30. The zero-order valence-corrected chi connectivity index (χ0v) is 49.5. The van der Waals surface area contributed by atoms with Crippen LogP contribution >= 0.6 is 0 Å². The van der Waals surface area contributed by atoms with Crippen molar-refractivity contribution >= 4 is 17.9 Å². The number of ether oxygens (including phenoxy) is 3. The van der Waals surface area contributed by atoms with Gasteiger partial charge in [-0.2, -0.15) is 0 Å². The van der Waals surface area contributed by atoms with Crippen molar-refractivity contribution in [2.45, 2.75) is 290 Å². The zero-order valence-electron chi connectivity index (χ0n) is 49.5. The first-order chi connectivity index (χ1) is 37.5. The van der Waals surface area contributed by atoms with Crippen molar-refractivity contribution in [3.05, 3.63) is 122 Å². The Morgan fingerprint density at radius 3 is 0.868 bits per heavy atom. The Labute approximate surface area is 469 Å². The molecule has 1 unspecified atom stereocenters. The fourth-order valence-electron chi connectivity index (χ4n) is 8.45. The molecule has 0 heterocycles. The minimum absolute atomic E-state index is 0.0987. The van der Waals surface area contributed by atoms with E-state index in [4.69, 9.17) is 14.2 Å². The molecule has 0 amide bonds. The molecule has 1 atom stereocenters. The molecule has 6 nitrogen and oxygen atoms in total. The maximum absolute atomic E-state index is 12.9. The van der Waals surface area contributed by atoms with Gasteiger partial charge in [0.1, 0.15) is 13.2 Å². The van der Waals surface area contributed by atoms with Gasteiger partial charge in [-0.15, -0.1) is 0 Å². The third-order valence-corrected chi connectivity index (χ3v) is 13.2. The number of unbranched alkanes of at least 4 members (excludes halogenated alkanes) is 25. The molecule has 0 aliphatic carbocycles. The molecule has 0 aliphatic heterocycles. The highest BCUT2D eigenvalue weighted by atomic mass is 16.6. The quantitative estimate of drug-likeness (QED) is 0.0261. The maximum Gasteiger partial charge on any atom is 0.306 e. The third kappa shape index (κ3) is 60.7. The van der Waals surface area contributed by atoms with E-state index in [0.717, 1.165) is 116 Å². The summed E-state index contributed by atoms with van der Waals surface area (Å²) in [5, 5.41) is 0. The van der Waals surface area contributed by atoms with Gasteiger partial charge in [0.05, 0.1) is 0 Å². The van der Waals surface area contributed by atoms with Gasteiger partial charge in [-0.05, 0) is 135 Å². The van der Waals surface area contributed by atoms with Crippen LogP contribution in [0, 0.1) is 0 Å². The average Bonchev–Trinajstić information content (AvgIpc) is 3.42. The summed E-state index contributed by atoms with van der Waals surface area (Å²) in [6.07, 6.45) is 87.7. The fourth-order valence-corrected chi connectivity index (χ4v) is 8.45. The Kier molecular flexibility index (Phi) is 59.9. The van der Waals surface area contributed by atoms with Crippen molar-refractivity contribution in [2.24, 2.45) is 0 Å². The molecular formula is C70H116O6. The Bertz CT molecular complexity index is 1590. The molecule has 0 aromatic rings. The van der Waals surface area contributed by atoms with Crippen LogP contribution in [0.15, 0.2) is 122 Å². The van der Waals surface area contributed by atoms with Crippen LogP contribution in [0.1, 0.15) is 284 Å². The standard InChI is InChI=1S/C70H116O6/c1-4-7-10-13-16-19-22-25-27-29-31-32-33-34-35-36-37-38-40-41-43-45-48-51-54-57-60-63-69(72)75-66-67(65-74-68(71)62-59-56-53-50-47-24-21-18-15-12-9-6-3)76-70(73)64-61-58-55-52-49-46-44-42-39-30-28-26-23-20-17-14-11-8-5-2/h7,10,16,18-19,21,25-28,31-32,34-35,37-38,41,43,48,51,67H,4-6,8-9,11-15,17,20,22-24,29-30,33,36,39-40,42,44-47,49-50,52-66H2,1-3H3/b10-7-,19-16-,21-18-,27-25-,28-26-,32-31-,35-34-,38-37-,43-41-,51-48-. The van der Waals surface area contributed by atoms with Crippen LogP contribution in [0.4, 0.5) is 0 Å². The molecule has 6 heteroatoms. The van der Waals surface area contributed by atoms with Gasteiger partial charge in [-0.25, -0.2) is 0 Å². The second-order valence-corrected chi connectivity index (χ2v) is 20.6. The number of esters is 3. The SMILES string of the molecule is CC/C=C\C/C=C\C/C=C\C/C=C\C/C=C\C/C=C\C/C=C\C/C=C\CCCCC(=O)OCC(COC(=O)CCCCCCC/C=C\CCCCC)OC(=O)CCCCCCCCCCC/C=C\CCCCCCCC. The molecule has 0 aromatic carbocycles. The first-order valence-corrected chi connectivity index (χ1v) is 31.5. The molecule has 0 fully saturated rings. The van der Waals surface area contributed by atoms with Gasteiger partial charge < -0.3 is 14.2 Å². The number of allylic oxidation sites excluding steroid dienone is 20. The van der Waals surface area contributed by atoms with Gasteiger partial charge in [0.15, 0.2) is 6.10 Å². The zero-order chi connectivity index (χ0) is 55.0. The third-order valence-electron chi connectivity index (χ3n) is 13.2. The topological polar surface area (TPSA) is 78.9 Å². The van der Waals surface area contributed by atoms with E-state index in [1.54, 1.807) is 0 Å². The van der Waals surface area contributed by atoms with Gasteiger partial charge in [0.2, 0.25) is 0 Å². The highest BCUT2D eigenvalue weighted by molar-refractivity contribution is 5.71. The van der Waals surface area contributed by atoms with Gasteiger partial charge in [-0.1, -0.05) is 251 Å². The molecule has 0 N–H and O–H groups in total. The summed E-state index contributed by atoms with van der Waals surface area (Å²) in [5.74, 6) is -0.952. The van der Waals surface area contributed by atoms with Crippen LogP contribution in [-0.2, 0) is 28.6 Å². The van der Waals surface area contributed by atoms with Gasteiger partial charge in [0.25, 0.3) is 0 Å². The molecular weight excluding hydrogens is 937 g/mol. The molecule has 0 spiro atoms. The van der Waals surface area contributed by atoms with Crippen LogP contribution in [-0.4, -0.2) is 37.2 Å². The van der Waals surface area contributed by atoms with E-state index < -0.39 is 6.10 Å². The predicted molar refractivity (Wildman–Crippen MR) is 330 cm³/mol. The summed E-state index contributed by atoms with van der Waals surface area (Å²) < 4.78 is 16.9. The van der Waals surface area contributed by atoms with Crippen LogP contribution in [0.2, 0.25) is 0 Å². The Balaban J connectivity index is 4.42. The molecule has 0 radical (unpaired) electrons. The van der Waals surface area contributed by atoms with E-state index in [0.29, 0.717) is 25.7 Å². The van der Waals surface area contributed by atoms with E-state index >= 15 is 0 Å². The van der Waals surface area contributed by atoms with Crippen molar-refractivity contribution in [3.8, 4) is 0 Å².